The zero-order chi connectivity index (χ0) is 18.4. The van der Waals surface area contributed by atoms with Gasteiger partial charge in [-0.2, -0.15) is 0 Å². The molecule has 2 rings (SSSR count). The molecule has 0 bridgehead atoms. The second-order valence-electron chi connectivity index (χ2n) is 4.84. The van der Waals surface area contributed by atoms with Crippen LogP contribution in [0.25, 0.3) is 0 Å². The minimum Gasteiger partial charge on any atom is -0.462 e. The van der Waals surface area contributed by atoms with E-state index in [2.05, 4.69) is 5.32 Å². The molecule has 0 fully saturated rings. The van der Waals surface area contributed by atoms with Gasteiger partial charge in [0.2, 0.25) is 9.84 Å². The molecule has 0 unspecified atom stereocenters. The molecule has 2 aromatic carbocycles. The second-order valence-corrected chi connectivity index (χ2v) is 7.19. The summed E-state index contributed by atoms with van der Waals surface area (Å²) in [5.74, 6) is -1.43. The van der Waals surface area contributed by atoms with Crippen LogP contribution < -0.4 is 5.32 Å². The van der Waals surface area contributed by atoms with E-state index in [0.29, 0.717) is 10.7 Å². The SMILES string of the molecule is CCOC(=O)C(=CNc1ccc(F)cc1)S(=O)(=O)c1ccc(Cl)cc1. The maximum absolute atomic E-state index is 12.9. The smallest absolute Gasteiger partial charge is 0.351 e. The number of sulfone groups is 1. The van der Waals surface area contributed by atoms with Crippen molar-refractivity contribution in [3.8, 4) is 0 Å². The molecule has 0 aliphatic heterocycles. The number of anilines is 1. The maximum atomic E-state index is 12.9. The van der Waals surface area contributed by atoms with Crippen molar-refractivity contribution >= 4 is 33.1 Å². The molecule has 0 spiro atoms. The predicted molar refractivity (Wildman–Crippen MR) is 93.4 cm³/mol. The lowest BCUT2D eigenvalue weighted by Gasteiger charge is -2.10. The number of carbonyl (C=O) groups excluding carboxylic acids is 1. The summed E-state index contributed by atoms with van der Waals surface area (Å²) in [7, 11) is -4.13. The molecule has 25 heavy (non-hydrogen) atoms. The molecular weight excluding hydrogens is 369 g/mol. The van der Waals surface area contributed by atoms with Crippen LogP contribution in [0.2, 0.25) is 5.02 Å². The molecule has 0 amide bonds. The predicted octanol–water partition coefficient (Wildman–Crippen LogP) is 3.77. The molecular formula is C17H15ClFNO4S. The molecule has 0 aliphatic rings. The number of nitrogens with one attached hydrogen (secondary N) is 1. The first-order valence-electron chi connectivity index (χ1n) is 7.24. The van der Waals surface area contributed by atoms with E-state index in [1.54, 1.807) is 6.92 Å². The Bertz CT molecular complexity index is 878. The fourth-order valence-corrected chi connectivity index (χ4v) is 3.25. The Morgan fingerprint density at radius 3 is 2.32 bits per heavy atom. The summed E-state index contributed by atoms with van der Waals surface area (Å²) < 4.78 is 43.2. The minimum atomic E-state index is -4.13. The standard InChI is InChI=1S/C17H15ClFNO4S/c1-2-24-17(21)16(11-20-14-7-5-13(19)6-8-14)25(22,23)15-9-3-12(18)4-10-15/h3-11,20H,2H2,1H3. The molecule has 8 heteroatoms. The largest absolute Gasteiger partial charge is 0.462 e. The molecule has 1 N–H and O–H groups in total. The van der Waals surface area contributed by atoms with Crippen LogP contribution in [0.5, 0.6) is 0 Å². The Labute approximate surface area is 150 Å². The summed E-state index contributed by atoms with van der Waals surface area (Å²) in [6.45, 7) is 1.58. The molecule has 0 radical (unpaired) electrons. The average molecular weight is 384 g/mol. The fraction of sp³-hybridized carbons (Fsp3) is 0.118. The molecule has 0 saturated heterocycles. The first kappa shape index (κ1) is 19.0. The van der Waals surface area contributed by atoms with Crippen LogP contribution in [0.1, 0.15) is 6.92 Å². The summed E-state index contributed by atoms with van der Waals surface area (Å²) >= 11 is 5.76. The van der Waals surface area contributed by atoms with Gasteiger partial charge >= 0.3 is 5.97 Å². The van der Waals surface area contributed by atoms with Crippen molar-refractivity contribution < 1.29 is 22.3 Å². The molecule has 2 aromatic rings. The normalized spacial score (nSPS) is 11.9. The van der Waals surface area contributed by atoms with Gasteiger partial charge in [-0.1, -0.05) is 11.6 Å². The van der Waals surface area contributed by atoms with Gasteiger partial charge in [-0.25, -0.2) is 17.6 Å². The summed E-state index contributed by atoms with van der Waals surface area (Å²) in [6, 6.07) is 10.6. The van der Waals surface area contributed by atoms with E-state index in [1.807, 2.05) is 0 Å². The molecule has 5 nitrogen and oxygen atoms in total. The molecule has 0 atom stereocenters. The topological polar surface area (TPSA) is 72.5 Å². The zero-order valence-corrected chi connectivity index (χ0v) is 14.8. The maximum Gasteiger partial charge on any atom is 0.351 e. The van der Waals surface area contributed by atoms with Crippen LogP contribution in [0.4, 0.5) is 10.1 Å². The number of benzene rings is 2. The van der Waals surface area contributed by atoms with E-state index in [0.717, 1.165) is 6.20 Å². The Morgan fingerprint density at radius 1 is 1.16 bits per heavy atom. The van der Waals surface area contributed by atoms with Gasteiger partial charge in [0.1, 0.15) is 5.82 Å². The first-order chi connectivity index (χ1) is 11.8. The van der Waals surface area contributed by atoms with E-state index < -0.39 is 26.5 Å². The molecule has 0 heterocycles. The van der Waals surface area contributed by atoms with Crippen LogP contribution in [-0.2, 0) is 19.4 Å². The van der Waals surface area contributed by atoms with E-state index in [-0.39, 0.29) is 11.5 Å². The Hall–Kier alpha value is -2.38. The van der Waals surface area contributed by atoms with Gasteiger partial charge in [-0.05, 0) is 55.5 Å². The van der Waals surface area contributed by atoms with Crippen molar-refractivity contribution in [2.24, 2.45) is 0 Å². The monoisotopic (exact) mass is 383 g/mol. The summed E-state index contributed by atoms with van der Waals surface area (Å²) in [5, 5.41) is 3.03. The highest BCUT2D eigenvalue weighted by molar-refractivity contribution is 7.96. The van der Waals surface area contributed by atoms with E-state index in [9.17, 15) is 17.6 Å². The third-order valence-corrected chi connectivity index (χ3v) is 5.11. The van der Waals surface area contributed by atoms with Crippen molar-refractivity contribution in [1.82, 2.24) is 0 Å². The van der Waals surface area contributed by atoms with Crippen LogP contribution in [-0.4, -0.2) is 21.0 Å². The van der Waals surface area contributed by atoms with Gasteiger partial charge in [-0.15, -0.1) is 0 Å². The number of halogens is 2. The number of esters is 1. The van der Waals surface area contributed by atoms with Crippen LogP contribution in [0.15, 0.2) is 64.5 Å². The number of hydrogen-bond acceptors (Lipinski definition) is 5. The second kappa shape index (κ2) is 8.13. The fourth-order valence-electron chi connectivity index (χ4n) is 1.88. The van der Waals surface area contributed by atoms with Gasteiger partial charge in [-0.3, -0.25) is 0 Å². The van der Waals surface area contributed by atoms with Gasteiger partial charge in [0.25, 0.3) is 0 Å². The van der Waals surface area contributed by atoms with Gasteiger partial charge in [0.15, 0.2) is 4.91 Å². The molecule has 0 saturated carbocycles. The summed E-state index contributed by atoms with van der Waals surface area (Å²) in [5.41, 5.74) is 0.412. The van der Waals surface area contributed by atoms with Gasteiger partial charge in [0.05, 0.1) is 11.5 Å². The molecule has 132 valence electrons. The van der Waals surface area contributed by atoms with Crippen LogP contribution in [0.3, 0.4) is 0 Å². The average Bonchev–Trinajstić information content (AvgIpc) is 2.57. The van der Waals surface area contributed by atoms with Crippen molar-refractivity contribution in [3.63, 3.8) is 0 Å². The molecule has 0 aliphatic carbocycles. The van der Waals surface area contributed by atoms with Crippen LogP contribution >= 0.6 is 11.6 Å². The number of ether oxygens (including phenoxy) is 1. The Kier molecular flexibility index (Phi) is 6.17. The Balaban J connectivity index is 2.40. The Morgan fingerprint density at radius 2 is 1.76 bits per heavy atom. The van der Waals surface area contributed by atoms with Crippen molar-refractivity contribution in [2.75, 3.05) is 11.9 Å². The van der Waals surface area contributed by atoms with Crippen molar-refractivity contribution in [3.05, 3.63) is 70.5 Å². The number of hydrogen-bond donors (Lipinski definition) is 1. The van der Waals surface area contributed by atoms with Crippen molar-refractivity contribution in [1.29, 1.82) is 0 Å². The van der Waals surface area contributed by atoms with Gasteiger partial charge in [0, 0.05) is 16.9 Å². The quantitative estimate of drug-likeness (QED) is 0.607. The minimum absolute atomic E-state index is 0.0167. The molecule has 0 aromatic heterocycles. The highest BCUT2D eigenvalue weighted by Crippen LogP contribution is 2.23. The summed E-state index contributed by atoms with van der Waals surface area (Å²) in [4.78, 5) is 11.4. The zero-order valence-electron chi connectivity index (χ0n) is 13.2. The number of carbonyl (C=O) groups is 1. The van der Waals surface area contributed by atoms with E-state index in [1.165, 1.54) is 48.5 Å². The summed E-state index contributed by atoms with van der Waals surface area (Å²) in [6.07, 6.45) is 1.02. The van der Waals surface area contributed by atoms with E-state index in [4.69, 9.17) is 16.3 Å². The third-order valence-electron chi connectivity index (χ3n) is 3.10. The van der Waals surface area contributed by atoms with Crippen molar-refractivity contribution in [2.45, 2.75) is 11.8 Å². The van der Waals surface area contributed by atoms with Gasteiger partial charge < -0.3 is 10.1 Å². The third kappa shape index (κ3) is 4.80. The lowest BCUT2D eigenvalue weighted by molar-refractivity contribution is -0.137. The van der Waals surface area contributed by atoms with E-state index >= 15 is 0 Å². The lowest BCUT2D eigenvalue weighted by atomic mass is 10.3. The number of rotatable bonds is 6. The van der Waals surface area contributed by atoms with Crippen LogP contribution in [0, 0.1) is 5.82 Å². The first-order valence-corrected chi connectivity index (χ1v) is 9.10. The lowest BCUT2D eigenvalue weighted by Crippen LogP contribution is -2.18. The highest BCUT2D eigenvalue weighted by Gasteiger charge is 2.28. The highest BCUT2D eigenvalue weighted by atomic mass is 35.5.